The van der Waals surface area contributed by atoms with Crippen molar-refractivity contribution < 1.29 is 40.6 Å². The van der Waals surface area contributed by atoms with Crippen LogP contribution in [0.15, 0.2) is 71.6 Å². The van der Waals surface area contributed by atoms with Gasteiger partial charge in [0.15, 0.2) is 11.5 Å². The Kier molecular flexibility index (Phi) is 8.03. The lowest BCUT2D eigenvalue weighted by Gasteiger charge is -2.20. The number of sulfonamides is 1. The fraction of sp³-hybridized carbons (Fsp3) is 0.345. The quantitative estimate of drug-likeness (QED) is 0.317. The number of para-hydroxylation sites is 1. The molecule has 3 aromatic rings. The molecule has 1 aliphatic heterocycles. The number of hydrogen-bond donors (Lipinski definition) is 1. The van der Waals surface area contributed by atoms with Crippen molar-refractivity contribution in [1.82, 2.24) is 0 Å². The number of hydrogen-bond acceptors (Lipinski definition) is 6. The first-order chi connectivity index (χ1) is 19.5. The second kappa shape index (κ2) is 11.5. The summed E-state index contributed by atoms with van der Waals surface area (Å²) in [5.74, 6) is 0.147. The number of halogens is 3. The van der Waals surface area contributed by atoms with Crippen LogP contribution < -0.4 is 23.8 Å². The highest BCUT2D eigenvalue weighted by molar-refractivity contribution is 7.92. The third-order valence-corrected chi connectivity index (χ3v) is 8.58. The smallest absolute Gasteiger partial charge is 0.493 e. The van der Waals surface area contributed by atoms with E-state index in [0.717, 1.165) is 43.4 Å². The van der Waals surface area contributed by atoms with Crippen molar-refractivity contribution in [2.24, 2.45) is 0 Å². The lowest BCUT2D eigenvalue weighted by Crippen LogP contribution is -2.24. The van der Waals surface area contributed by atoms with Crippen LogP contribution in [0, 0.1) is 0 Å². The van der Waals surface area contributed by atoms with Crippen LogP contribution in [-0.2, 0) is 14.8 Å². The van der Waals surface area contributed by atoms with Gasteiger partial charge in [0.25, 0.3) is 10.0 Å². The Morgan fingerprint density at radius 1 is 0.927 bits per heavy atom. The Bertz CT molecular complexity index is 1520. The maximum atomic E-state index is 13.0. The molecule has 2 aliphatic rings. The zero-order valence-electron chi connectivity index (χ0n) is 22.2. The maximum absolute atomic E-state index is 13.0. The average Bonchev–Trinajstić information content (AvgIpc) is 3.57. The van der Waals surface area contributed by atoms with Crippen molar-refractivity contribution in [3.63, 3.8) is 0 Å². The van der Waals surface area contributed by atoms with Crippen LogP contribution in [0.3, 0.4) is 0 Å². The second-order valence-electron chi connectivity index (χ2n) is 9.99. The van der Waals surface area contributed by atoms with Crippen molar-refractivity contribution in [1.29, 1.82) is 0 Å². The summed E-state index contributed by atoms with van der Waals surface area (Å²) in [6.07, 6.45) is -0.448. The summed E-state index contributed by atoms with van der Waals surface area (Å²) in [7, 11) is -2.87. The van der Waals surface area contributed by atoms with Crippen LogP contribution in [0.4, 0.5) is 24.5 Å². The predicted molar refractivity (Wildman–Crippen MR) is 146 cm³/mol. The monoisotopic (exact) mass is 590 g/mol. The van der Waals surface area contributed by atoms with Gasteiger partial charge >= 0.3 is 6.36 Å². The van der Waals surface area contributed by atoms with Gasteiger partial charge in [0.2, 0.25) is 5.91 Å². The van der Waals surface area contributed by atoms with Crippen LogP contribution in [0.1, 0.15) is 43.6 Å². The topological polar surface area (TPSA) is 94.2 Å². The second-order valence-corrected chi connectivity index (χ2v) is 11.6. The Morgan fingerprint density at radius 2 is 1.68 bits per heavy atom. The van der Waals surface area contributed by atoms with Crippen molar-refractivity contribution in [2.75, 3.05) is 23.3 Å². The van der Waals surface area contributed by atoms with Crippen LogP contribution in [-0.4, -0.2) is 40.4 Å². The lowest BCUT2D eigenvalue weighted by atomic mass is 9.98. The Balaban J connectivity index is 1.33. The minimum Gasteiger partial charge on any atom is -0.493 e. The largest absolute Gasteiger partial charge is 0.573 e. The summed E-state index contributed by atoms with van der Waals surface area (Å²) in [6, 6.07) is 16.3. The number of alkyl halides is 3. The zero-order chi connectivity index (χ0) is 29.2. The number of rotatable bonds is 9. The van der Waals surface area contributed by atoms with E-state index in [4.69, 9.17) is 9.47 Å². The molecule has 0 radical (unpaired) electrons. The molecule has 1 heterocycles. The van der Waals surface area contributed by atoms with E-state index in [9.17, 15) is 26.4 Å². The molecular weight excluding hydrogens is 561 g/mol. The van der Waals surface area contributed by atoms with E-state index >= 15 is 0 Å². The van der Waals surface area contributed by atoms with Crippen LogP contribution in [0.5, 0.6) is 17.2 Å². The SMILES string of the molecule is COc1ccc(C2CC(=O)N(c3cccc(NS(=O)(=O)c4ccccc4OC(F)(F)F)c3)C2)cc1OC1CCCC1. The molecule has 8 nitrogen and oxygen atoms in total. The van der Waals surface area contributed by atoms with Gasteiger partial charge in [-0.2, -0.15) is 0 Å². The number of benzene rings is 3. The van der Waals surface area contributed by atoms with Gasteiger partial charge in [-0.3, -0.25) is 9.52 Å². The molecular formula is C29H29F3N2O6S. The highest BCUT2D eigenvalue weighted by Gasteiger charge is 2.35. The molecule has 218 valence electrons. The van der Waals surface area contributed by atoms with Gasteiger partial charge in [-0.1, -0.05) is 24.3 Å². The van der Waals surface area contributed by atoms with E-state index in [2.05, 4.69) is 9.46 Å². The van der Waals surface area contributed by atoms with Crippen molar-refractivity contribution in [3.8, 4) is 17.2 Å². The maximum Gasteiger partial charge on any atom is 0.573 e. The first kappa shape index (κ1) is 28.6. The number of amides is 1. The van der Waals surface area contributed by atoms with Gasteiger partial charge in [0.1, 0.15) is 10.6 Å². The number of nitrogens with zero attached hydrogens (tertiary/aromatic N) is 1. The summed E-state index contributed by atoms with van der Waals surface area (Å²) >= 11 is 0. The van der Waals surface area contributed by atoms with E-state index in [-0.39, 0.29) is 30.0 Å². The molecule has 3 aromatic carbocycles. The molecule has 0 spiro atoms. The molecule has 1 saturated carbocycles. The van der Waals surface area contributed by atoms with Gasteiger partial charge in [-0.05, 0) is 73.7 Å². The van der Waals surface area contributed by atoms with Gasteiger partial charge in [0.05, 0.1) is 18.9 Å². The third-order valence-electron chi connectivity index (χ3n) is 7.15. The molecule has 41 heavy (non-hydrogen) atoms. The number of methoxy groups -OCH3 is 1. The molecule has 12 heteroatoms. The van der Waals surface area contributed by atoms with Crippen LogP contribution >= 0.6 is 0 Å². The van der Waals surface area contributed by atoms with Gasteiger partial charge < -0.3 is 19.1 Å². The first-order valence-corrected chi connectivity index (χ1v) is 14.6. The standard InChI is InChI=1S/C29H29F3N2O6S/c1-38-24-14-13-19(15-26(24)39-23-9-2-3-10-23)20-16-28(35)34(18-20)22-8-6-7-21(17-22)33-41(36,37)27-12-5-4-11-25(27)40-29(30,31)32/h4-8,11-15,17,20,23,33H,2-3,9-10,16,18H2,1H3. The summed E-state index contributed by atoms with van der Waals surface area (Å²) in [5.41, 5.74) is 1.46. The number of nitrogens with one attached hydrogen (secondary N) is 1. The van der Waals surface area contributed by atoms with Crippen molar-refractivity contribution >= 4 is 27.3 Å². The highest BCUT2D eigenvalue weighted by Crippen LogP contribution is 2.39. The van der Waals surface area contributed by atoms with Gasteiger partial charge in [-0.25, -0.2) is 8.42 Å². The molecule has 2 fully saturated rings. The van der Waals surface area contributed by atoms with E-state index in [1.807, 2.05) is 18.2 Å². The summed E-state index contributed by atoms with van der Waals surface area (Å²) < 4.78 is 82.3. The van der Waals surface area contributed by atoms with Gasteiger partial charge in [-0.15, -0.1) is 13.2 Å². The molecule has 1 atom stereocenters. The molecule has 1 saturated heterocycles. The number of anilines is 2. The fourth-order valence-corrected chi connectivity index (χ4v) is 6.41. The van der Waals surface area contributed by atoms with Crippen molar-refractivity contribution in [2.45, 2.75) is 55.4 Å². The summed E-state index contributed by atoms with van der Waals surface area (Å²) in [6.45, 7) is 0.354. The van der Waals surface area contributed by atoms with E-state index < -0.39 is 27.0 Å². The molecule has 0 bridgehead atoms. The van der Waals surface area contributed by atoms with Crippen molar-refractivity contribution in [3.05, 3.63) is 72.3 Å². The van der Waals surface area contributed by atoms with Gasteiger partial charge in [0, 0.05) is 24.6 Å². The van der Waals surface area contributed by atoms with Crippen LogP contribution in [0.25, 0.3) is 0 Å². The highest BCUT2D eigenvalue weighted by atomic mass is 32.2. The number of carbonyl (C=O) groups excluding carboxylic acids is 1. The molecule has 1 unspecified atom stereocenters. The Morgan fingerprint density at radius 3 is 2.41 bits per heavy atom. The molecule has 1 aliphatic carbocycles. The minimum absolute atomic E-state index is 0.0808. The van der Waals surface area contributed by atoms with E-state index in [0.29, 0.717) is 23.7 Å². The van der Waals surface area contributed by atoms with Crippen LogP contribution in [0.2, 0.25) is 0 Å². The average molecular weight is 591 g/mol. The number of carbonyl (C=O) groups is 1. The summed E-state index contributed by atoms with van der Waals surface area (Å²) in [4.78, 5) is 13.9. The molecule has 1 N–H and O–H groups in total. The molecule has 1 amide bonds. The zero-order valence-corrected chi connectivity index (χ0v) is 23.0. The summed E-state index contributed by atoms with van der Waals surface area (Å²) in [5, 5.41) is 0. The molecule has 0 aromatic heterocycles. The fourth-order valence-electron chi connectivity index (χ4n) is 5.23. The third kappa shape index (κ3) is 6.70. The minimum atomic E-state index is -5.06. The van der Waals surface area contributed by atoms with E-state index in [1.165, 1.54) is 24.3 Å². The molecule has 5 rings (SSSR count). The normalized spacial score (nSPS) is 18.0. The first-order valence-electron chi connectivity index (χ1n) is 13.1. The Labute approximate surface area is 236 Å². The van der Waals surface area contributed by atoms with E-state index in [1.54, 1.807) is 24.1 Å². The Hall–Kier alpha value is -3.93. The predicted octanol–water partition coefficient (Wildman–Crippen LogP) is 6.24. The number of ether oxygens (including phenoxy) is 3. The lowest BCUT2D eigenvalue weighted by molar-refractivity contribution is -0.275.